The molecule has 1 aliphatic carbocycles. The Morgan fingerprint density at radius 1 is 0.757 bits per heavy atom. The Balaban J connectivity index is 0.000000283. The number of nitrogens with one attached hydrogen (secondary N) is 3. The van der Waals surface area contributed by atoms with Crippen LogP contribution in [-0.4, -0.2) is 62.1 Å². The Kier molecular flexibility index (Phi) is 11.3. The quantitative estimate of drug-likeness (QED) is 0.438. The van der Waals surface area contributed by atoms with Gasteiger partial charge in [0.05, 0.1) is 13.1 Å². The summed E-state index contributed by atoms with van der Waals surface area (Å²) in [6.07, 6.45) is -0.996. The number of ether oxygens (including phenoxy) is 2. The van der Waals surface area contributed by atoms with E-state index in [0.29, 0.717) is 19.6 Å². The fourth-order valence-corrected chi connectivity index (χ4v) is 3.68. The Morgan fingerprint density at radius 3 is 1.81 bits per heavy atom. The van der Waals surface area contributed by atoms with E-state index in [1.807, 2.05) is 24.3 Å². The summed E-state index contributed by atoms with van der Waals surface area (Å²) < 4.78 is 10.3. The van der Waals surface area contributed by atoms with Crippen molar-refractivity contribution >= 4 is 23.8 Å². The van der Waals surface area contributed by atoms with Crippen molar-refractivity contribution in [2.45, 2.75) is 46.1 Å². The maximum absolute atomic E-state index is 11.6. The summed E-state index contributed by atoms with van der Waals surface area (Å²) in [5.74, 6) is 0.0104. The van der Waals surface area contributed by atoms with E-state index in [-0.39, 0.29) is 30.6 Å². The van der Waals surface area contributed by atoms with Gasteiger partial charge in [-0.05, 0) is 56.9 Å². The molecule has 0 aromatic heterocycles. The Hall–Kier alpha value is -3.72. The molecule has 3 rings (SSSR count). The molecule has 0 unspecified atom stereocenters. The van der Waals surface area contributed by atoms with Gasteiger partial charge in [0.2, 0.25) is 0 Å². The molecule has 37 heavy (non-hydrogen) atoms. The lowest BCUT2D eigenvalue weighted by Crippen LogP contribution is -2.37. The van der Waals surface area contributed by atoms with Crippen molar-refractivity contribution in [2.24, 2.45) is 0 Å². The van der Waals surface area contributed by atoms with Crippen molar-refractivity contribution in [1.29, 1.82) is 0 Å². The van der Waals surface area contributed by atoms with Crippen LogP contribution in [0.1, 0.15) is 51.7 Å². The first kappa shape index (κ1) is 29.5. The maximum atomic E-state index is 11.6. The van der Waals surface area contributed by atoms with Crippen LogP contribution in [0.5, 0.6) is 0 Å². The molecule has 0 aliphatic heterocycles. The monoisotopic (exact) mass is 511 g/mol. The molecule has 0 fully saturated rings. The van der Waals surface area contributed by atoms with Gasteiger partial charge in [-0.3, -0.25) is 9.59 Å². The molecule has 0 spiro atoms. The van der Waals surface area contributed by atoms with Crippen molar-refractivity contribution < 1.29 is 28.7 Å². The van der Waals surface area contributed by atoms with E-state index >= 15 is 0 Å². The summed E-state index contributed by atoms with van der Waals surface area (Å²) in [6, 6.07) is 16.3. The highest BCUT2D eigenvalue weighted by atomic mass is 16.6. The highest BCUT2D eigenvalue weighted by Crippen LogP contribution is 2.44. The summed E-state index contributed by atoms with van der Waals surface area (Å²) in [7, 11) is 0. The standard InChI is InChI=1S/C18H17NO3.C10H20N2O3/c1-12(20)10-19-18(21)22-11-17-15-8-4-2-6-13(15)14-7-3-5-9-16(14)17;1-8(13)7-11-5-6-12-9(14)15-10(2,3)4/h2-9,17H,10-11H2,1H3,(H,19,21);11H,5-7H2,1-4H3,(H,12,14). The number of carbonyl (C=O) groups excluding carboxylic acids is 4. The van der Waals surface area contributed by atoms with Gasteiger partial charge in [-0.1, -0.05) is 48.5 Å². The number of ketones is 2. The topological polar surface area (TPSA) is 123 Å². The molecule has 0 radical (unpaired) electrons. The summed E-state index contributed by atoms with van der Waals surface area (Å²) in [5, 5.41) is 7.90. The second kappa shape index (κ2) is 14.1. The van der Waals surface area contributed by atoms with Gasteiger partial charge in [0, 0.05) is 19.0 Å². The van der Waals surface area contributed by atoms with Gasteiger partial charge in [-0.15, -0.1) is 0 Å². The van der Waals surface area contributed by atoms with Gasteiger partial charge in [0.1, 0.15) is 23.8 Å². The van der Waals surface area contributed by atoms with Crippen molar-refractivity contribution in [3.63, 3.8) is 0 Å². The number of Topliss-reactive ketones (excluding diaryl/α,β-unsaturated/α-hetero) is 2. The third-order valence-corrected chi connectivity index (χ3v) is 5.17. The van der Waals surface area contributed by atoms with Gasteiger partial charge in [0.25, 0.3) is 0 Å². The predicted molar refractivity (Wildman–Crippen MR) is 142 cm³/mol. The molecule has 0 bridgehead atoms. The third kappa shape index (κ3) is 10.4. The zero-order valence-electron chi connectivity index (χ0n) is 22.2. The van der Waals surface area contributed by atoms with Crippen LogP contribution in [0.15, 0.2) is 48.5 Å². The van der Waals surface area contributed by atoms with E-state index in [1.165, 1.54) is 36.1 Å². The number of benzene rings is 2. The molecule has 9 nitrogen and oxygen atoms in total. The first-order valence-corrected chi connectivity index (χ1v) is 12.2. The number of alkyl carbamates (subject to hydrolysis) is 2. The van der Waals surface area contributed by atoms with E-state index in [9.17, 15) is 19.2 Å². The minimum Gasteiger partial charge on any atom is -0.449 e. The Bertz CT molecular complexity index is 1050. The van der Waals surface area contributed by atoms with Crippen LogP contribution in [0.25, 0.3) is 11.1 Å². The van der Waals surface area contributed by atoms with Crippen molar-refractivity contribution in [3.05, 3.63) is 59.7 Å². The number of hydrogen-bond donors (Lipinski definition) is 3. The van der Waals surface area contributed by atoms with Crippen LogP contribution in [0.2, 0.25) is 0 Å². The highest BCUT2D eigenvalue weighted by Gasteiger charge is 2.28. The van der Waals surface area contributed by atoms with E-state index in [2.05, 4.69) is 40.2 Å². The zero-order chi connectivity index (χ0) is 27.4. The summed E-state index contributed by atoms with van der Waals surface area (Å²) in [5.41, 5.74) is 4.24. The second-order valence-electron chi connectivity index (χ2n) is 9.69. The summed E-state index contributed by atoms with van der Waals surface area (Å²) >= 11 is 0. The number of rotatable bonds is 9. The van der Waals surface area contributed by atoms with Gasteiger partial charge < -0.3 is 25.4 Å². The number of hydrogen-bond acceptors (Lipinski definition) is 7. The van der Waals surface area contributed by atoms with Crippen molar-refractivity contribution in [1.82, 2.24) is 16.0 Å². The second-order valence-corrected chi connectivity index (χ2v) is 9.69. The lowest BCUT2D eigenvalue weighted by molar-refractivity contribution is -0.117. The van der Waals surface area contributed by atoms with Crippen LogP contribution in [0.3, 0.4) is 0 Å². The molecule has 0 saturated carbocycles. The molecule has 200 valence electrons. The smallest absolute Gasteiger partial charge is 0.407 e. The SMILES string of the molecule is CC(=O)CNC(=O)OCC1c2ccccc2-c2ccccc21.CC(=O)CNCCNC(=O)OC(C)(C)C. The lowest BCUT2D eigenvalue weighted by atomic mass is 9.98. The van der Waals surface area contributed by atoms with E-state index in [1.54, 1.807) is 20.8 Å². The largest absolute Gasteiger partial charge is 0.449 e. The van der Waals surface area contributed by atoms with Gasteiger partial charge in [-0.25, -0.2) is 9.59 Å². The average molecular weight is 512 g/mol. The molecular formula is C28H37N3O6. The van der Waals surface area contributed by atoms with E-state index < -0.39 is 17.8 Å². The average Bonchev–Trinajstić information content (AvgIpc) is 3.14. The molecule has 9 heteroatoms. The molecular weight excluding hydrogens is 474 g/mol. The first-order valence-electron chi connectivity index (χ1n) is 12.2. The van der Waals surface area contributed by atoms with Crippen molar-refractivity contribution in [2.75, 3.05) is 32.8 Å². The number of fused-ring (bicyclic) bond motifs is 3. The van der Waals surface area contributed by atoms with Crippen molar-refractivity contribution in [3.8, 4) is 11.1 Å². The Morgan fingerprint density at radius 2 is 1.30 bits per heavy atom. The zero-order valence-corrected chi connectivity index (χ0v) is 22.2. The number of carbonyl (C=O) groups is 4. The van der Waals surface area contributed by atoms with E-state index in [4.69, 9.17) is 9.47 Å². The molecule has 0 saturated heterocycles. The fraction of sp³-hybridized carbons (Fsp3) is 0.429. The molecule has 2 aromatic rings. The van der Waals surface area contributed by atoms with Crippen LogP contribution >= 0.6 is 0 Å². The Labute approximate surface area is 218 Å². The first-order chi connectivity index (χ1) is 17.5. The van der Waals surface area contributed by atoms with E-state index in [0.717, 1.165) is 0 Å². The minimum atomic E-state index is -0.558. The molecule has 3 N–H and O–H groups in total. The van der Waals surface area contributed by atoms with Gasteiger partial charge in [-0.2, -0.15) is 0 Å². The van der Waals surface area contributed by atoms with Crippen LogP contribution < -0.4 is 16.0 Å². The minimum absolute atomic E-state index is 0.00330. The van der Waals surface area contributed by atoms with Gasteiger partial charge >= 0.3 is 12.2 Å². The van der Waals surface area contributed by atoms with Crippen LogP contribution in [-0.2, 0) is 19.1 Å². The third-order valence-electron chi connectivity index (χ3n) is 5.17. The normalized spacial score (nSPS) is 11.8. The fourth-order valence-electron chi connectivity index (χ4n) is 3.68. The summed E-state index contributed by atoms with van der Waals surface area (Å²) in [6.45, 7) is 9.94. The van der Waals surface area contributed by atoms with Crippen LogP contribution in [0.4, 0.5) is 9.59 Å². The lowest BCUT2D eigenvalue weighted by Gasteiger charge is -2.19. The predicted octanol–water partition coefficient (Wildman–Crippen LogP) is 3.80. The van der Waals surface area contributed by atoms with Gasteiger partial charge in [0.15, 0.2) is 0 Å². The van der Waals surface area contributed by atoms with Crippen LogP contribution in [0, 0.1) is 0 Å². The molecule has 0 atom stereocenters. The number of amides is 2. The molecule has 2 amide bonds. The molecule has 2 aromatic carbocycles. The molecule has 1 aliphatic rings. The summed E-state index contributed by atoms with van der Waals surface area (Å²) in [4.78, 5) is 44.2. The maximum Gasteiger partial charge on any atom is 0.407 e. The molecule has 0 heterocycles. The highest BCUT2D eigenvalue weighted by molar-refractivity contribution is 5.82.